The molecule has 8 heteroatoms. The molecule has 1 N–H and O–H groups in total. The van der Waals surface area contributed by atoms with Gasteiger partial charge >= 0.3 is 5.97 Å². The van der Waals surface area contributed by atoms with Crippen LogP contribution in [-0.4, -0.2) is 27.7 Å². The Morgan fingerprint density at radius 2 is 1.85 bits per heavy atom. The van der Waals surface area contributed by atoms with Gasteiger partial charge in [-0.1, -0.05) is 23.7 Å². The summed E-state index contributed by atoms with van der Waals surface area (Å²) in [7, 11) is 1.38. The van der Waals surface area contributed by atoms with Crippen molar-refractivity contribution >= 4 is 40.6 Å². The quantitative estimate of drug-likeness (QED) is 0.296. The van der Waals surface area contributed by atoms with Gasteiger partial charge in [0.25, 0.3) is 0 Å². The number of carbonyl (C=O) groups is 1. The predicted molar refractivity (Wildman–Crippen MR) is 136 cm³/mol. The van der Waals surface area contributed by atoms with Crippen LogP contribution in [0, 0.1) is 0 Å². The van der Waals surface area contributed by atoms with E-state index in [2.05, 4.69) is 25.8 Å². The van der Waals surface area contributed by atoms with Crippen molar-refractivity contribution in [3.8, 4) is 5.69 Å². The minimum absolute atomic E-state index is 0.193. The lowest BCUT2D eigenvalue weighted by Gasteiger charge is -2.29. The third-order valence-electron chi connectivity index (χ3n) is 5.83. The number of methoxy groups -OCH3 is 1. The van der Waals surface area contributed by atoms with Crippen LogP contribution < -0.4 is 10.2 Å². The van der Waals surface area contributed by atoms with Crippen LogP contribution in [0.4, 0.5) is 5.69 Å². The fourth-order valence-electron chi connectivity index (χ4n) is 4.31. The van der Waals surface area contributed by atoms with E-state index >= 15 is 0 Å². The Morgan fingerprint density at radius 1 is 1.03 bits per heavy atom. The van der Waals surface area contributed by atoms with E-state index in [1.54, 1.807) is 12.3 Å². The summed E-state index contributed by atoms with van der Waals surface area (Å²) in [5.74, 6) is -0.381. The highest BCUT2D eigenvalue weighted by Gasteiger charge is 2.42. The minimum atomic E-state index is -0.381. The Hall–Kier alpha value is -3.68. The maximum absolute atomic E-state index is 12.1. The highest BCUT2D eigenvalue weighted by Crippen LogP contribution is 2.42. The monoisotopic (exact) mass is 488 g/mol. The van der Waals surface area contributed by atoms with E-state index in [1.807, 2.05) is 72.9 Å². The molecule has 1 saturated heterocycles. The number of hydrogen-bond acceptors (Lipinski definition) is 4. The smallest absolute Gasteiger partial charge is 0.337 e. The van der Waals surface area contributed by atoms with Crippen molar-refractivity contribution in [1.29, 1.82) is 0 Å². The molecule has 0 saturated carbocycles. The van der Waals surface area contributed by atoms with Crippen molar-refractivity contribution in [2.75, 3.05) is 12.0 Å². The maximum Gasteiger partial charge on any atom is 0.337 e. The number of rotatable bonds is 5. The lowest BCUT2D eigenvalue weighted by Crippen LogP contribution is -2.30. The van der Waals surface area contributed by atoms with Crippen LogP contribution in [0.25, 0.3) is 5.69 Å². The number of ether oxygens (including phenoxy) is 1. The molecule has 0 unspecified atom stereocenters. The lowest BCUT2D eigenvalue weighted by molar-refractivity contribution is 0.0600. The molecular weight excluding hydrogens is 468 g/mol. The molecule has 0 bridgehead atoms. The highest BCUT2D eigenvalue weighted by atomic mass is 35.5. The van der Waals surface area contributed by atoms with Gasteiger partial charge in [0, 0.05) is 34.5 Å². The largest absolute Gasteiger partial charge is 0.465 e. The summed E-state index contributed by atoms with van der Waals surface area (Å²) >= 11 is 12.0. The number of nitrogens with one attached hydrogen (secondary N) is 1. The van der Waals surface area contributed by atoms with E-state index < -0.39 is 0 Å². The van der Waals surface area contributed by atoms with Crippen LogP contribution in [0.1, 0.15) is 33.8 Å². The summed E-state index contributed by atoms with van der Waals surface area (Å²) in [6, 6.07) is 24.5. The van der Waals surface area contributed by atoms with Crippen molar-refractivity contribution in [3.05, 3.63) is 113 Å². The van der Waals surface area contributed by atoms with Gasteiger partial charge in [0.1, 0.15) is 6.04 Å². The first-order valence-corrected chi connectivity index (χ1v) is 11.5. The Morgan fingerprint density at radius 3 is 2.59 bits per heavy atom. The van der Waals surface area contributed by atoms with Crippen LogP contribution in [0.15, 0.2) is 91.3 Å². The third kappa shape index (κ3) is 4.04. The van der Waals surface area contributed by atoms with E-state index in [-0.39, 0.29) is 18.1 Å². The summed E-state index contributed by atoms with van der Waals surface area (Å²) in [4.78, 5) is 18.8. The zero-order chi connectivity index (χ0) is 23.7. The zero-order valence-corrected chi connectivity index (χ0v) is 19.8. The summed E-state index contributed by atoms with van der Waals surface area (Å²) in [5.41, 5.74) is 4.11. The molecule has 1 aliphatic heterocycles. The number of thiocarbonyl (C=S) groups is 1. The Kier molecular flexibility index (Phi) is 6.04. The first-order chi connectivity index (χ1) is 16.6. The normalized spacial score (nSPS) is 17.5. The fourth-order valence-corrected chi connectivity index (χ4v) is 4.78. The number of anilines is 1. The molecule has 1 fully saturated rings. The predicted octanol–water partition coefficient (Wildman–Crippen LogP) is 5.49. The molecule has 1 aliphatic rings. The van der Waals surface area contributed by atoms with E-state index in [1.165, 1.54) is 7.11 Å². The molecule has 0 aliphatic carbocycles. The van der Waals surface area contributed by atoms with Crippen LogP contribution in [0.5, 0.6) is 0 Å². The van der Waals surface area contributed by atoms with E-state index in [0.29, 0.717) is 15.7 Å². The Labute approximate surface area is 207 Å². The summed E-state index contributed by atoms with van der Waals surface area (Å²) in [5, 5.41) is 4.72. The molecule has 0 amide bonds. The third-order valence-corrected chi connectivity index (χ3v) is 6.40. The molecule has 4 aromatic rings. The number of benzene rings is 2. The van der Waals surface area contributed by atoms with Gasteiger partial charge < -0.3 is 19.5 Å². The Balaban J connectivity index is 1.65. The first kappa shape index (κ1) is 22.1. The van der Waals surface area contributed by atoms with Gasteiger partial charge in [0.2, 0.25) is 0 Å². The first-order valence-electron chi connectivity index (χ1n) is 10.7. The van der Waals surface area contributed by atoms with Crippen molar-refractivity contribution in [2.24, 2.45) is 0 Å². The molecule has 34 heavy (non-hydrogen) atoms. The van der Waals surface area contributed by atoms with Gasteiger partial charge in [-0.2, -0.15) is 0 Å². The second-order valence-corrected chi connectivity index (χ2v) is 8.64. The Bertz CT molecular complexity index is 1340. The molecule has 5 rings (SSSR count). The van der Waals surface area contributed by atoms with Crippen molar-refractivity contribution in [3.63, 3.8) is 0 Å². The van der Waals surface area contributed by atoms with Crippen molar-refractivity contribution in [1.82, 2.24) is 14.9 Å². The second-order valence-electron chi connectivity index (χ2n) is 7.82. The number of esters is 1. The lowest BCUT2D eigenvalue weighted by atomic mass is 10.0. The SMILES string of the molecule is COC(=O)c1cccc(-n2cccc2[C@@H]2[C@@H](c3ccccn3)NC(=S)N2c2ccc(Cl)cc2)c1. The number of nitrogens with zero attached hydrogens (tertiary/aromatic N) is 3. The molecule has 0 radical (unpaired) electrons. The molecule has 0 spiro atoms. The van der Waals surface area contributed by atoms with E-state index in [0.717, 1.165) is 22.8 Å². The van der Waals surface area contributed by atoms with Crippen LogP contribution in [0.3, 0.4) is 0 Å². The van der Waals surface area contributed by atoms with Crippen LogP contribution in [-0.2, 0) is 4.74 Å². The molecule has 6 nitrogen and oxygen atoms in total. The maximum atomic E-state index is 12.1. The van der Waals surface area contributed by atoms with Crippen molar-refractivity contribution in [2.45, 2.75) is 12.1 Å². The molecular formula is C26H21ClN4O2S. The average Bonchev–Trinajstić information content (AvgIpc) is 3.49. The van der Waals surface area contributed by atoms with E-state index in [4.69, 9.17) is 28.6 Å². The van der Waals surface area contributed by atoms with Crippen LogP contribution >= 0.6 is 23.8 Å². The van der Waals surface area contributed by atoms with Gasteiger partial charge in [-0.15, -0.1) is 0 Å². The number of carbonyl (C=O) groups excluding carboxylic acids is 1. The van der Waals surface area contributed by atoms with Crippen molar-refractivity contribution < 1.29 is 9.53 Å². The van der Waals surface area contributed by atoms with Gasteiger partial charge in [0.05, 0.1) is 24.4 Å². The molecule has 2 aromatic carbocycles. The fraction of sp³-hybridized carbons (Fsp3) is 0.115. The van der Waals surface area contributed by atoms with E-state index in [9.17, 15) is 4.79 Å². The van der Waals surface area contributed by atoms with Gasteiger partial charge in [-0.25, -0.2) is 4.79 Å². The van der Waals surface area contributed by atoms with Gasteiger partial charge in [0.15, 0.2) is 5.11 Å². The molecule has 2 aromatic heterocycles. The standard InChI is InChI=1S/C26H21ClN4O2S/c1-33-25(32)17-6-4-7-20(16-17)30-15-5-9-22(30)24-23(21-8-2-3-14-28-21)29-26(34)31(24)19-12-10-18(27)11-13-19/h2-16,23-24H,1H3,(H,29,34)/t23-,24-/m1/s1. The highest BCUT2D eigenvalue weighted by molar-refractivity contribution is 7.80. The van der Waals surface area contributed by atoms with Gasteiger partial charge in [-0.3, -0.25) is 4.98 Å². The summed E-state index contributed by atoms with van der Waals surface area (Å²) in [6.07, 6.45) is 3.75. The summed E-state index contributed by atoms with van der Waals surface area (Å²) in [6.45, 7) is 0. The number of hydrogen-bond donors (Lipinski definition) is 1. The number of pyridine rings is 1. The average molecular weight is 489 g/mol. The molecule has 2 atom stereocenters. The van der Waals surface area contributed by atoms with Gasteiger partial charge in [-0.05, 0) is 78.9 Å². The summed E-state index contributed by atoms with van der Waals surface area (Å²) < 4.78 is 6.97. The second kappa shape index (κ2) is 9.29. The molecule has 3 heterocycles. The minimum Gasteiger partial charge on any atom is -0.465 e. The zero-order valence-electron chi connectivity index (χ0n) is 18.3. The molecule has 170 valence electrons. The van der Waals surface area contributed by atoms with Crippen LogP contribution in [0.2, 0.25) is 5.02 Å². The number of halogens is 1. The topological polar surface area (TPSA) is 59.4 Å². The number of aromatic nitrogens is 2.